The molecule has 0 aliphatic heterocycles. The number of nitrogens with zero attached hydrogens (tertiary/aromatic N) is 3. The van der Waals surface area contributed by atoms with Gasteiger partial charge in [-0.15, -0.1) is 10.2 Å². The second-order valence-corrected chi connectivity index (χ2v) is 9.91. The second-order valence-electron chi connectivity index (χ2n) is 8.12. The Kier molecular flexibility index (Phi) is 8.02. The van der Waals surface area contributed by atoms with E-state index in [-0.39, 0.29) is 5.56 Å². The lowest BCUT2D eigenvalue weighted by atomic mass is 10.2. The van der Waals surface area contributed by atoms with Crippen molar-refractivity contribution < 1.29 is 14.6 Å². The minimum absolute atomic E-state index is 0.213. The van der Waals surface area contributed by atoms with Crippen LogP contribution in [-0.4, -0.2) is 27.5 Å². The fourth-order valence-corrected chi connectivity index (χ4v) is 4.50. The van der Waals surface area contributed by atoms with Crippen LogP contribution in [0.2, 0.25) is 10.0 Å². The van der Waals surface area contributed by atoms with E-state index >= 15 is 0 Å². The topological polar surface area (TPSA) is 109 Å². The van der Waals surface area contributed by atoms with Crippen molar-refractivity contribution in [2.24, 2.45) is 5.10 Å². The van der Waals surface area contributed by atoms with Crippen LogP contribution in [0.15, 0.2) is 96.1 Å². The number of carboxylic acid groups (broad SMARTS) is 1. The summed E-state index contributed by atoms with van der Waals surface area (Å²) < 4.78 is 6.08. The van der Waals surface area contributed by atoms with Crippen LogP contribution in [0, 0.1) is 0 Å². The van der Waals surface area contributed by atoms with E-state index in [2.05, 4.69) is 26.0 Å². The van der Waals surface area contributed by atoms with Crippen molar-refractivity contribution in [1.82, 2.24) is 10.2 Å². The molecule has 0 saturated heterocycles. The number of benzene rings is 4. The highest BCUT2D eigenvalue weighted by Crippen LogP contribution is 2.33. The first-order valence-electron chi connectivity index (χ1n) is 11.5. The number of ether oxygens (including phenoxy) is 1. The largest absolute Gasteiger partial charge is 0.478 e. The average molecular weight is 576 g/mol. The molecule has 0 bridgehead atoms. The van der Waals surface area contributed by atoms with E-state index in [1.807, 2.05) is 54.6 Å². The molecule has 3 N–H and O–H groups in total. The van der Waals surface area contributed by atoms with Gasteiger partial charge in [0.2, 0.25) is 5.13 Å². The Morgan fingerprint density at radius 2 is 1.62 bits per heavy atom. The highest BCUT2D eigenvalue weighted by molar-refractivity contribution is 7.18. The zero-order valence-electron chi connectivity index (χ0n) is 20.0. The molecule has 5 rings (SSSR count). The number of anilines is 3. The van der Waals surface area contributed by atoms with E-state index in [0.717, 1.165) is 21.8 Å². The quantitative estimate of drug-likeness (QED) is 0.120. The molecular weight excluding hydrogens is 557 g/mol. The van der Waals surface area contributed by atoms with Crippen LogP contribution in [0.5, 0.6) is 11.5 Å². The molecule has 5 aromatic rings. The highest BCUT2D eigenvalue weighted by atomic mass is 35.5. The molecule has 0 radical (unpaired) electrons. The van der Waals surface area contributed by atoms with Gasteiger partial charge >= 0.3 is 5.97 Å². The van der Waals surface area contributed by atoms with Gasteiger partial charge in [0.05, 0.1) is 27.5 Å². The van der Waals surface area contributed by atoms with Crippen molar-refractivity contribution in [1.29, 1.82) is 0 Å². The van der Waals surface area contributed by atoms with Crippen molar-refractivity contribution >= 4 is 63.2 Å². The normalized spacial score (nSPS) is 10.9. The summed E-state index contributed by atoms with van der Waals surface area (Å²) in [6.07, 6.45) is 1.65. The number of hydrazone groups is 1. The van der Waals surface area contributed by atoms with Crippen LogP contribution >= 0.6 is 34.5 Å². The number of carboxylic acids is 1. The SMILES string of the molecule is O=C(O)c1ccc(N/N=C\c2cccc(Oc3cccc(-c4nnc(Nc5ccc(Cl)c(Cl)c5)s4)c3)c2)cc1. The maximum Gasteiger partial charge on any atom is 0.335 e. The van der Waals surface area contributed by atoms with Gasteiger partial charge in [0, 0.05) is 11.3 Å². The molecule has 0 aliphatic rings. The molecule has 8 nitrogen and oxygen atoms in total. The molecule has 0 saturated carbocycles. The lowest BCUT2D eigenvalue weighted by molar-refractivity contribution is 0.0697. The van der Waals surface area contributed by atoms with Crippen molar-refractivity contribution in [3.05, 3.63) is 112 Å². The first-order valence-corrected chi connectivity index (χ1v) is 13.1. The third-order valence-corrected chi connectivity index (χ3v) is 6.94. The Morgan fingerprint density at radius 1 is 0.872 bits per heavy atom. The Bertz CT molecular complexity index is 1660. The van der Waals surface area contributed by atoms with Crippen molar-refractivity contribution in [3.63, 3.8) is 0 Å². The van der Waals surface area contributed by atoms with Gasteiger partial charge in [-0.3, -0.25) is 5.43 Å². The predicted molar refractivity (Wildman–Crippen MR) is 156 cm³/mol. The zero-order valence-corrected chi connectivity index (χ0v) is 22.3. The van der Waals surface area contributed by atoms with Crippen molar-refractivity contribution in [2.45, 2.75) is 0 Å². The summed E-state index contributed by atoms with van der Waals surface area (Å²) in [6, 6.07) is 26.6. The van der Waals surface area contributed by atoms with Gasteiger partial charge in [-0.05, 0) is 72.3 Å². The summed E-state index contributed by atoms with van der Waals surface area (Å²) in [7, 11) is 0. The Labute approximate surface area is 237 Å². The van der Waals surface area contributed by atoms with Crippen molar-refractivity contribution in [2.75, 3.05) is 10.7 Å². The number of nitrogens with one attached hydrogen (secondary N) is 2. The summed E-state index contributed by atoms with van der Waals surface area (Å²) in [6.45, 7) is 0. The number of hydrogen-bond donors (Lipinski definition) is 3. The zero-order chi connectivity index (χ0) is 27.2. The summed E-state index contributed by atoms with van der Waals surface area (Å²) >= 11 is 13.5. The van der Waals surface area contributed by atoms with Crippen LogP contribution in [-0.2, 0) is 0 Å². The lowest BCUT2D eigenvalue weighted by Crippen LogP contribution is -1.96. The number of halogens is 2. The van der Waals surface area contributed by atoms with Crippen molar-refractivity contribution in [3.8, 4) is 22.1 Å². The first-order chi connectivity index (χ1) is 18.9. The molecule has 0 unspecified atom stereocenters. The fourth-order valence-electron chi connectivity index (χ4n) is 3.44. The molecule has 0 amide bonds. The maximum atomic E-state index is 11.0. The van der Waals surface area contributed by atoms with Crippen LogP contribution in [0.3, 0.4) is 0 Å². The second kappa shape index (κ2) is 12.0. The van der Waals surface area contributed by atoms with E-state index in [1.165, 1.54) is 23.5 Å². The minimum Gasteiger partial charge on any atom is -0.478 e. The van der Waals surface area contributed by atoms with Crippen LogP contribution in [0.25, 0.3) is 10.6 Å². The molecule has 0 fully saturated rings. The summed E-state index contributed by atoms with van der Waals surface area (Å²) in [4.78, 5) is 11.0. The van der Waals surface area contributed by atoms with Crippen LogP contribution < -0.4 is 15.5 Å². The van der Waals surface area contributed by atoms with Crippen LogP contribution in [0.1, 0.15) is 15.9 Å². The molecule has 1 aromatic heterocycles. The van der Waals surface area contributed by atoms with E-state index in [9.17, 15) is 4.79 Å². The summed E-state index contributed by atoms with van der Waals surface area (Å²) in [5.74, 6) is 0.311. The molecule has 1 heterocycles. The minimum atomic E-state index is -0.975. The molecule has 11 heteroatoms. The van der Waals surface area contributed by atoms with E-state index < -0.39 is 5.97 Å². The summed E-state index contributed by atoms with van der Waals surface area (Å²) in [5.41, 5.74) is 6.22. The van der Waals surface area contributed by atoms with Gasteiger partial charge < -0.3 is 15.2 Å². The standard InChI is InChI=1S/C28H19Cl2N5O3S/c29-24-12-11-21(15-25(24)30)32-28-35-34-26(39-28)19-4-2-6-23(14-19)38-22-5-1-3-17(13-22)16-31-33-20-9-7-18(8-10-20)27(36)37/h1-16,33H,(H,32,35)(H,36,37)/b31-16-. The molecule has 0 atom stereocenters. The Morgan fingerprint density at radius 3 is 2.38 bits per heavy atom. The molecule has 4 aromatic carbocycles. The lowest BCUT2D eigenvalue weighted by Gasteiger charge is -2.07. The van der Waals surface area contributed by atoms with E-state index in [0.29, 0.717) is 32.4 Å². The van der Waals surface area contributed by atoms with Crippen LogP contribution in [0.4, 0.5) is 16.5 Å². The first kappa shape index (κ1) is 26.2. The molecule has 0 aliphatic carbocycles. The van der Waals surface area contributed by atoms with Gasteiger partial charge in [-0.25, -0.2) is 4.79 Å². The van der Waals surface area contributed by atoms with Gasteiger partial charge in [0.15, 0.2) is 0 Å². The van der Waals surface area contributed by atoms with E-state index in [1.54, 1.807) is 30.5 Å². The molecule has 0 spiro atoms. The Hall–Kier alpha value is -4.44. The number of aromatic carboxylic acids is 1. The number of carbonyl (C=O) groups is 1. The van der Waals surface area contributed by atoms with Gasteiger partial charge in [0.25, 0.3) is 0 Å². The molecule has 194 valence electrons. The third kappa shape index (κ3) is 6.91. The van der Waals surface area contributed by atoms with Gasteiger partial charge in [-0.1, -0.05) is 58.8 Å². The highest BCUT2D eigenvalue weighted by Gasteiger charge is 2.10. The number of aromatic nitrogens is 2. The summed E-state index contributed by atoms with van der Waals surface area (Å²) in [5, 5.41) is 27.2. The van der Waals surface area contributed by atoms with Gasteiger partial charge in [0.1, 0.15) is 16.5 Å². The number of rotatable bonds is 9. The third-order valence-electron chi connectivity index (χ3n) is 5.31. The van der Waals surface area contributed by atoms with Gasteiger partial charge in [-0.2, -0.15) is 5.10 Å². The average Bonchev–Trinajstić information content (AvgIpc) is 3.40. The monoisotopic (exact) mass is 575 g/mol. The molecular formula is C28H19Cl2N5O3S. The predicted octanol–water partition coefficient (Wildman–Crippen LogP) is 8.19. The van der Waals surface area contributed by atoms with E-state index in [4.69, 9.17) is 33.0 Å². The smallest absolute Gasteiger partial charge is 0.335 e. The fraction of sp³-hybridized carbons (Fsp3) is 0. The number of hydrogen-bond acceptors (Lipinski definition) is 8. The molecule has 39 heavy (non-hydrogen) atoms. The Balaban J connectivity index is 1.23. The maximum absolute atomic E-state index is 11.0.